The third-order valence-electron chi connectivity index (χ3n) is 5.52. The van der Waals surface area contributed by atoms with Crippen LogP contribution in [0.25, 0.3) is 0 Å². The van der Waals surface area contributed by atoms with Crippen molar-refractivity contribution in [3.8, 4) is 0 Å². The third-order valence-corrected chi connectivity index (χ3v) is 5.52. The topological polar surface area (TPSA) is 64.7 Å². The van der Waals surface area contributed by atoms with Crippen LogP contribution in [0, 0.1) is 23.2 Å². The first-order valence-corrected chi connectivity index (χ1v) is 7.14. The first-order chi connectivity index (χ1) is 8.75. The van der Waals surface area contributed by atoms with Gasteiger partial charge in [0.05, 0.1) is 12.2 Å². The van der Waals surface area contributed by atoms with Crippen LogP contribution in [0.1, 0.15) is 50.4 Å². The van der Waals surface area contributed by atoms with E-state index in [4.69, 9.17) is 5.73 Å². The van der Waals surface area contributed by atoms with Gasteiger partial charge < -0.3 is 5.73 Å². The highest BCUT2D eigenvalue weighted by atomic mass is 15.2. The van der Waals surface area contributed by atoms with Crippen molar-refractivity contribution in [3.63, 3.8) is 0 Å². The first kappa shape index (κ1) is 10.9. The van der Waals surface area contributed by atoms with Gasteiger partial charge in [0.15, 0.2) is 5.82 Å². The van der Waals surface area contributed by atoms with E-state index in [0.717, 1.165) is 23.6 Å². The molecule has 0 saturated heterocycles. The van der Waals surface area contributed by atoms with Gasteiger partial charge >= 0.3 is 0 Å². The van der Waals surface area contributed by atoms with Crippen LogP contribution >= 0.6 is 0 Å². The van der Waals surface area contributed by atoms with E-state index in [1.165, 1.54) is 38.5 Å². The van der Waals surface area contributed by atoms with E-state index in [1.54, 1.807) is 12.4 Å². The molecule has 0 aromatic carbocycles. The second kappa shape index (κ2) is 3.73. The summed E-state index contributed by atoms with van der Waals surface area (Å²) in [4.78, 5) is 4.34. The molecule has 96 valence electrons. The number of hydrogen-bond acceptors (Lipinski definition) is 4. The number of rotatable bonds is 2. The molecule has 5 rings (SSSR count). The number of nitrogens with zero attached hydrogens (tertiary/aromatic N) is 3. The van der Waals surface area contributed by atoms with Crippen molar-refractivity contribution in [3.05, 3.63) is 18.2 Å². The van der Waals surface area contributed by atoms with Crippen molar-refractivity contribution in [2.75, 3.05) is 0 Å². The van der Waals surface area contributed by atoms with Crippen LogP contribution in [-0.2, 0) is 0 Å². The van der Waals surface area contributed by atoms with Crippen LogP contribution in [0.3, 0.4) is 0 Å². The highest BCUT2D eigenvalue weighted by Gasteiger charge is 2.54. The maximum atomic E-state index is 6.53. The molecule has 4 bridgehead atoms. The van der Waals surface area contributed by atoms with E-state index >= 15 is 0 Å². The molecule has 4 heteroatoms. The highest BCUT2D eigenvalue weighted by Crippen LogP contribution is 2.63. The van der Waals surface area contributed by atoms with Crippen LogP contribution in [0.5, 0.6) is 0 Å². The van der Waals surface area contributed by atoms with Gasteiger partial charge in [-0.05, 0) is 61.7 Å². The minimum Gasteiger partial charge on any atom is -0.321 e. The molecule has 18 heavy (non-hydrogen) atoms. The molecule has 4 saturated carbocycles. The van der Waals surface area contributed by atoms with Gasteiger partial charge in [-0.2, -0.15) is 5.10 Å². The molecule has 1 aromatic heterocycles. The van der Waals surface area contributed by atoms with Gasteiger partial charge in [-0.1, -0.05) is 0 Å². The molecule has 0 amide bonds. The lowest BCUT2D eigenvalue weighted by atomic mass is 9.47. The maximum Gasteiger partial charge on any atom is 0.168 e. The molecule has 1 unspecified atom stereocenters. The lowest BCUT2D eigenvalue weighted by Crippen LogP contribution is -2.51. The van der Waals surface area contributed by atoms with Gasteiger partial charge in [0.1, 0.15) is 0 Å². The Morgan fingerprint density at radius 2 is 1.67 bits per heavy atom. The SMILES string of the molecule is NC(c1nccnn1)C12CC3CC(CC(C3)C1)C2. The Kier molecular flexibility index (Phi) is 2.25. The molecule has 0 radical (unpaired) electrons. The van der Waals surface area contributed by atoms with Crippen molar-refractivity contribution < 1.29 is 0 Å². The lowest BCUT2D eigenvalue weighted by Gasteiger charge is -2.58. The summed E-state index contributed by atoms with van der Waals surface area (Å²) in [5, 5.41) is 8.09. The van der Waals surface area contributed by atoms with E-state index in [-0.39, 0.29) is 11.5 Å². The predicted molar refractivity (Wildman–Crippen MR) is 67.4 cm³/mol. The second-order valence-corrected chi connectivity index (χ2v) is 6.76. The predicted octanol–water partition coefficient (Wildman–Crippen LogP) is 2.09. The van der Waals surface area contributed by atoms with Crippen LogP contribution < -0.4 is 5.73 Å². The minimum atomic E-state index is -0.0143. The van der Waals surface area contributed by atoms with Crippen LogP contribution in [-0.4, -0.2) is 15.2 Å². The van der Waals surface area contributed by atoms with Gasteiger partial charge in [-0.15, -0.1) is 5.10 Å². The average Bonchev–Trinajstić information content (AvgIpc) is 2.37. The van der Waals surface area contributed by atoms with Crippen molar-refractivity contribution in [2.45, 2.75) is 44.6 Å². The van der Waals surface area contributed by atoms with Crippen molar-refractivity contribution >= 4 is 0 Å². The zero-order valence-electron chi connectivity index (χ0n) is 10.6. The zero-order chi connectivity index (χ0) is 12.2. The summed E-state index contributed by atoms with van der Waals surface area (Å²) >= 11 is 0. The molecular formula is C14H20N4. The summed E-state index contributed by atoms with van der Waals surface area (Å²) < 4.78 is 0. The fourth-order valence-electron chi connectivity index (χ4n) is 5.23. The lowest BCUT2D eigenvalue weighted by molar-refractivity contribution is -0.0693. The zero-order valence-corrected chi connectivity index (χ0v) is 10.6. The standard InChI is InChI=1S/C14H20N4/c15-12(13-16-1-2-17-18-13)14-6-9-3-10(7-14)5-11(4-9)8-14/h1-2,9-12H,3-8,15H2. The molecule has 4 aliphatic rings. The van der Waals surface area contributed by atoms with E-state index in [1.807, 2.05) is 0 Å². The summed E-state index contributed by atoms with van der Waals surface area (Å²) in [7, 11) is 0. The quantitative estimate of drug-likeness (QED) is 0.865. The Bertz CT molecular complexity index is 409. The molecular weight excluding hydrogens is 224 g/mol. The molecule has 1 heterocycles. The normalized spacial score (nSPS) is 43.1. The average molecular weight is 244 g/mol. The molecule has 1 atom stereocenters. The van der Waals surface area contributed by atoms with Gasteiger partial charge in [0, 0.05) is 6.20 Å². The monoisotopic (exact) mass is 244 g/mol. The summed E-state index contributed by atoms with van der Waals surface area (Å²) in [6.45, 7) is 0. The molecule has 4 aliphatic carbocycles. The van der Waals surface area contributed by atoms with Crippen LogP contribution in [0.15, 0.2) is 12.4 Å². The maximum absolute atomic E-state index is 6.53. The minimum absolute atomic E-state index is 0.0143. The molecule has 1 aromatic rings. The summed E-state index contributed by atoms with van der Waals surface area (Å²) in [6.07, 6.45) is 11.5. The van der Waals surface area contributed by atoms with Gasteiger partial charge in [0.2, 0.25) is 0 Å². The van der Waals surface area contributed by atoms with E-state index < -0.39 is 0 Å². The van der Waals surface area contributed by atoms with Crippen LogP contribution in [0.2, 0.25) is 0 Å². The number of aromatic nitrogens is 3. The van der Waals surface area contributed by atoms with E-state index in [2.05, 4.69) is 15.2 Å². The molecule has 0 aliphatic heterocycles. The Morgan fingerprint density at radius 1 is 1.06 bits per heavy atom. The summed E-state index contributed by atoms with van der Waals surface area (Å²) in [6, 6.07) is -0.0143. The molecule has 2 N–H and O–H groups in total. The van der Waals surface area contributed by atoms with Crippen molar-refractivity contribution in [1.82, 2.24) is 15.2 Å². The van der Waals surface area contributed by atoms with Gasteiger partial charge in [-0.3, -0.25) is 0 Å². The van der Waals surface area contributed by atoms with Gasteiger partial charge in [-0.25, -0.2) is 4.98 Å². The fraction of sp³-hybridized carbons (Fsp3) is 0.786. The Hall–Kier alpha value is -1.03. The largest absolute Gasteiger partial charge is 0.321 e. The van der Waals surface area contributed by atoms with E-state index in [0.29, 0.717) is 0 Å². The Morgan fingerprint density at radius 3 is 2.17 bits per heavy atom. The summed E-state index contributed by atoms with van der Waals surface area (Å²) in [5.74, 6) is 3.50. The molecule has 4 fully saturated rings. The summed E-state index contributed by atoms with van der Waals surface area (Å²) in [5.41, 5.74) is 6.80. The Labute approximate surface area is 107 Å². The second-order valence-electron chi connectivity index (χ2n) is 6.76. The van der Waals surface area contributed by atoms with E-state index in [9.17, 15) is 0 Å². The van der Waals surface area contributed by atoms with Crippen molar-refractivity contribution in [2.24, 2.45) is 28.9 Å². The molecule has 0 spiro atoms. The smallest absolute Gasteiger partial charge is 0.168 e. The highest BCUT2D eigenvalue weighted by molar-refractivity contribution is 5.10. The fourth-order valence-corrected chi connectivity index (χ4v) is 5.23. The first-order valence-electron chi connectivity index (χ1n) is 7.14. The van der Waals surface area contributed by atoms with Gasteiger partial charge in [0.25, 0.3) is 0 Å². The number of hydrogen-bond donors (Lipinski definition) is 1. The van der Waals surface area contributed by atoms with Crippen molar-refractivity contribution in [1.29, 1.82) is 0 Å². The molecule has 4 nitrogen and oxygen atoms in total. The van der Waals surface area contributed by atoms with Crippen LogP contribution in [0.4, 0.5) is 0 Å². The Balaban J connectivity index is 1.67. The number of nitrogens with two attached hydrogens (primary N) is 1. The third kappa shape index (κ3) is 1.51.